The van der Waals surface area contributed by atoms with Gasteiger partial charge in [0.25, 0.3) is 0 Å². The second-order valence-electron chi connectivity index (χ2n) is 3.55. The average molecular weight is 382 g/mol. The van der Waals surface area contributed by atoms with E-state index < -0.39 is 0 Å². The van der Waals surface area contributed by atoms with Gasteiger partial charge in [0.1, 0.15) is 0 Å². The van der Waals surface area contributed by atoms with Crippen molar-refractivity contribution in [3.05, 3.63) is 43.8 Å². The Morgan fingerprint density at radius 3 is 2.32 bits per heavy atom. The van der Waals surface area contributed by atoms with Crippen LogP contribution in [0.3, 0.4) is 0 Å². The largest absolute Gasteiger partial charge is 0.339 e. The topological polar surface area (TPSA) is 63.0 Å². The van der Waals surface area contributed by atoms with E-state index >= 15 is 0 Å². The Balaban J connectivity index is 2.34. The minimum atomic E-state index is 0.330. The molecule has 2 aromatic rings. The van der Waals surface area contributed by atoms with Crippen LogP contribution in [-0.2, 0) is 0 Å². The van der Waals surface area contributed by atoms with Gasteiger partial charge in [0.2, 0.25) is 0 Å². The van der Waals surface area contributed by atoms with Crippen molar-refractivity contribution in [1.29, 1.82) is 0 Å². The first kappa shape index (κ1) is 14.7. The summed E-state index contributed by atoms with van der Waals surface area (Å²) >= 11 is 21.3. The lowest BCUT2D eigenvalue weighted by Crippen LogP contribution is -2.10. The van der Waals surface area contributed by atoms with Crippen LogP contribution in [0.1, 0.15) is 0 Å². The molecule has 1 heterocycles. The maximum Gasteiger partial charge on any atom is 0.161 e. The third-order valence-corrected chi connectivity index (χ3v) is 4.06. The zero-order valence-electron chi connectivity index (χ0n) is 9.35. The van der Waals surface area contributed by atoms with Crippen molar-refractivity contribution in [2.45, 2.75) is 0 Å². The Morgan fingerprint density at radius 1 is 1.00 bits per heavy atom. The molecule has 8 heteroatoms. The molecular formula is C11H8BrCl3N4. The lowest BCUT2D eigenvalue weighted by molar-refractivity contribution is 1.22. The van der Waals surface area contributed by atoms with Crippen molar-refractivity contribution in [3.63, 3.8) is 0 Å². The van der Waals surface area contributed by atoms with Gasteiger partial charge < -0.3 is 10.7 Å². The highest BCUT2D eigenvalue weighted by Crippen LogP contribution is 2.32. The van der Waals surface area contributed by atoms with E-state index in [9.17, 15) is 0 Å². The monoisotopic (exact) mass is 380 g/mol. The summed E-state index contributed by atoms with van der Waals surface area (Å²) in [7, 11) is 0. The highest BCUT2D eigenvalue weighted by atomic mass is 79.9. The Bertz CT molecular complexity index is 621. The zero-order chi connectivity index (χ0) is 14.0. The predicted molar refractivity (Wildman–Crippen MR) is 84.5 cm³/mol. The summed E-state index contributed by atoms with van der Waals surface area (Å²) < 4.78 is 0.805. The van der Waals surface area contributed by atoms with Crippen LogP contribution in [-0.4, -0.2) is 4.98 Å². The highest BCUT2D eigenvalue weighted by Gasteiger charge is 2.09. The minimum absolute atomic E-state index is 0.330. The summed E-state index contributed by atoms with van der Waals surface area (Å²) in [6.45, 7) is 0. The molecule has 0 bridgehead atoms. The maximum atomic E-state index is 6.06. The van der Waals surface area contributed by atoms with Crippen LogP contribution in [0.2, 0.25) is 15.1 Å². The number of nitrogen functional groups attached to an aromatic ring is 1. The number of nitrogens with two attached hydrogens (primary N) is 1. The molecule has 0 saturated carbocycles. The van der Waals surface area contributed by atoms with E-state index in [2.05, 4.69) is 31.7 Å². The number of hydrazine groups is 1. The van der Waals surface area contributed by atoms with Crippen LogP contribution in [0.15, 0.2) is 28.7 Å². The predicted octanol–water partition coefficient (Wildman–Crippen LogP) is 4.83. The van der Waals surface area contributed by atoms with Crippen molar-refractivity contribution in [2.75, 3.05) is 10.7 Å². The van der Waals surface area contributed by atoms with Crippen LogP contribution in [0, 0.1) is 0 Å². The number of anilines is 3. The van der Waals surface area contributed by atoms with E-state index in [-0.39, 0.29) is 0 Å². The summed E-state index contributed by atoms with van der Waals surface area (Å²) in [5, 5.41) is 4.33. The number of hydrogen-bond donors (Lipinski definition) is 3. The Hall–Kier alpha value is -0.720. The number of hydrogen-bond acceptors (Lipinski definition) is 4. The van der Waals surface area contributed by atoms with Crippen molar-refractivity contribution in [3.8, 4) is 0 Å². The minimum Gasteiger partial charge on any atom is -0.339 e. The summed E-state index contributed by atoms with van der Waals surface area (Å²) in [5.41, 5.74) is 3.14. The van der Waals surface area contributed by atoms with E-state index in [0.717, 1.165) is 10.2 Å². The number of aromatic nitrogens is 1. The Morgan fingerprint density at radius 2 is 1.68 bits per heavy atom. The molecule has 0 atom stereocenters. The molecule has 1 aromatic heterocycles. The second kappa shape index (κ2) is 6.15. The molecule has 4 N–H and O–H groups in total. The molecule has 0 fully saturated rings. The van der Waals surface area contributed by atoms with Crippen LogP contribution in [0.4, 0.5) is 17.3 Å². The van der Waals surface area contributed by atoms with Gasteiger partial charge in [-0.05, 0) is 40.2 Å². The van der Waals surface area contributed by atoms with E-state index in [0.29, 0.717) is 26.7 Å². The van der Waals surface area contributed by atoms with Gasteiger partial charge in [0.05, 0.1) is 15.1 Å². The molecular weight excluding hydrogens is 374 g/mol. The van der Waals surface area contributed by atoms with Crippen molar-refractivity contribution in [1.82, 2.24) is 4.98 Å². The van der Waals surface area contributed by atoms with Crippen molar-refractivity contribution >= 4 is 68.1 Å². The fourth-order valence-corrected chi connectivity index (χ4v) is 2.25. The maximum absolute atomic E-state index is 6.06. The first-order valence-corrected chi connectivity index (χ1v) is 6.98. The standard InChI is InChI=1S/C11H8BrCl3N4/c12-6-2-1-5(3-7(6)13)17-10-8(14)4-9(15)11(18-10)19-16/h1-4H,16H2,(H2,17,18,19). The summed E-state index contributed by atoms with van der Waals surface area (Å²) in [6, 6.07) is 6.94. The molecule has 0 unspecified atom stereocenters. The SMILES string of the molecule is NNc1nc(Nc2ccc(Br)c(Cl)c2)c(Cl)cc1Cl. The summed E-state index contributed by atoms with van der Waals surface area (Å²) in [6.07, 6.45) is 0. The number of rotatable bonds is 3. The molecule has 0 radical (unpaired) electrons. The number of pyridine rings is 1. The summed E-state index contributed by atoms with van der Waals surface area (Å²) in [4.78, 5) is 4.17. The Kier molecular flexibility index (Phi) is 4.76. The second-order valence-corrected chi connectivity index (χ2v) is 5.62. The smallest absolute Gasteiger partial charge is 0.161 e. The molecule has 0 saturated heterocycles. The average Bonchev–Trinajstić information content (AvgIpc) is 2.37. The quantitative estimate of drug-likeness (QED) is 0.525. The van der Waals surface area contributed by atoms with Gasteiger partial charge in [0, 0.05) is 10.2 Å². The molecule has 100 valence electrons. The molecule has 0 aliphatic carbocycles. The van der Waals surface area contributed by atoms with Crippen molar-refractivity contribution in [2.24, 2.45) is 5.84 Å². The number of nitrogens with zero attached hydrogens (tertiary/aromatic N) is 1. The molecule has 19 heavy (non-hydrogen) atoms. The highest BCUT2D eigenvalue weighted by molar-refractivity contribution is 9.10. The lowest BCUT2D eigenvalue weighted by atomic mass is 10.3. The first-order valence-electron chi connectivity index (χ1n) is 5.06. The van der Waals surface area contributed by atoms with Gasteiger partial charge in [-0.25, -0.2) is 10.8 Å². The van der Waals surface area contributed by atoms with Crippen molar-refractivity contribution < 1.29 is 0 Å². The third kappa shape index (κ3) is 3.43. The van der Waals surface area contributed by atoms with E-state index in [1.54, 1.807) is 12.1 Å². The fraction of sp³-hybridized carbons (Fsp3) is 0. The summed E-state index contributed by atoms with van der Waals surface area (Å²) in [5.74, 6) is 6.07. The van der Waals surface area contributed by atoms with Gasteiger partial charge in [-0.2, -0.15) is 0 Å². The first-order chi connectivity index (χ1) is 9.01. The fourth-order valence-electron chi connectivity index (χ4n) is 1.37. The van der Waals surface area contributed by atoms with Gasteiger partial charge in [-0.3, -0.25) is 0 Å². The van der Waals surface area contributed by atoms with E-state index in [4.69, 9.17) is 40.6 Å². The molecule has 0 amide bonds. The normalized spacial score (nSPS) is 10.4. The molecule has 0 spiro atoms. The molecule has 4 nitrogen and oxygen atoms in total. The zero-order valence-corrected chi connectivity index (χ0v) is 13.2. The third-order valence-electron chi connectivity index (χ3n) is 2.25. The number of benzene rings is 1. The van der Waals surface area contributed by atoms with Gasteiger partial charge in [-0.1, -0.05) is 34.8 Å². The van der Waals surface area contributed by atoms with Gasteiger partial charge in [0.15, 0.2) is 11.6 Å². The number of nitrogens with one attached hydrogen (secondary N) is 2. The number of halogens is 4. The lowest BCUT2D eigenvalue weighted by Gasteiger charge is -2.11. The van der Waals surface area contributed by atoms with Crippen LogP contribution < -0.4 is 16.6 Å². The molecule has 0 aliphatic heterocycles. The van der Waals surface area contributed by atoms with Crippen LogP contribution >= 0.6 is 50.7 Å². The van der Waals surface area contributed by atoms with E-state index in [1.807, 2.05) is 12.1 Å². The van der Waals surface area contributed by atoms with Crippen LogP contribution in [0.5, 0.6) is 0 Å². The molecule has 1 aromatic carbocycles. The van der Waals surface area contributed by atoms with Crippen LogP contribution in [0.25, 0.3) is 0 Å². The molecule has 2 rings (SSSR count). The van der Waals surface area contributed by atoms with Gasteiger partial charge >= 0.3 is 0 Å². The van der Waals surface area contributed by atoms with E-state index in [1.165, 1.54) is 0 Å². The molecule has 0 aliphatic rings. The Labute approximate surface area is 133 Å². The van der Waals surface area contributed by atoms with Gasteiger partial charge in [-0.15, -0.1) is 0 Å².